The molecule has 2 aromatic heterocycles. The molecule has 22 heavy (non-hydrogen) atoms. The Bertz CT molecular complexity index is 695. The summed E-state index contributed by atoms with van der Waals surface area (Å²) in [5, 5.41) is 5.24. The third kappa shape index (κ3) is 2.59. The highest BCUT2D eigenvalue weighted by molar-refractivity contribution is 5.97. The minimum Gasteiger partial charge on any atom is -0.375 e. The van der Waals surface area contributed by atoms with Crippen LogP contribution in [0, 0.1) is 0 Å². The normalized spacial score (nSPS) is 22.5. The number of fused-ring (bicyclic) bond motifs is 1. The molecule has 0 radical (unpaired) electrons. The van der Waals surface area contributed by atoms with E-state index < -0.39 is 0 Å². The van der Waals surface area contributed by atoms with E-state index in [0.717, 1.165) is 11.0 Å². The van der Waals surface area contributed by atoms with Gasteiger partial charge in [0.1, 0.15) is 0 Å². The van der Waals surface area contributed by atoms with Crippen molar-refractivity contribution in [1.29, 1.82) is 0 Å². The monoisotopic (exact) mass is 302 g/mol. The minimum absolute atomic E-state index is 0.00865. The first kappa shape index (κ1) is 15.0. The summed E-state index contributed by atoms with van der Waals surface area (Å²) in [5.74, 6) is 0.00865. The zero-order chi connectivity index (χ0) is 15.9. The van der Waals surface area contributed by atoms with Gasteiger partial charge in [-0.2, -0.15) is 5.10 Å². The van der Waals surface area contributed by atoms with E-state index in [-0.39, 0.29) is 24.1 Å². The fourth-order valence-corrected chi connectivity index (χ4v) is 2.79. The summed E-state index contributed by atoms with van der Waals surface area (Å²) in [6.45, 7) is 9.30. The van der Waals surface area contributed by atoms with Gasteiger partial charge in [-0.3, -0.25) is 4.79 Å². The Labute approximate surface area is 130 Å². The third-order valence-electron chi connectivity index (χ3n) is 4.04. The van der Waals surface area contributed by atoms with Gasteiger partial charge in [-0.1, -0.05) is 0 Å². The summed E-state index contributed by atoms with van der Waals surface area (Å²) in [6, 6.07) is 2.20. The fraction of sp³-hybridized carbons (Fsp3) is 0.562. The molecule has 6 heteroatoms. The van der Waals surface area contributed by atoms with Crippen LogP contribution in [-0.4, -0.2) is 50.9 Å². The van der Waals surface area contributed by atoms with Crippen LogP contribution in [0.25, 0.3) is 11.0 Å². The van der Waals surface area contributed by atoms with E-state index in [1.165, 1.54) is 0 Å². The van der Waals surface area contributed by atoms with Crippen molar-refractivity contribution in [3.05, 3.63) is 24.0 Å². The topological polar surface area (TPSA) is 60.2 Å². The number of hydrogen-bond acceptors (Lipinski definition) is 4. The van der Waals surface area contributed by atoms with E-state index in [1.54, 1.807) is 12.4 Å². The van der Waals surface area contributed by atoms with Gasteiger partial charge in [0.15, 0.2) is 5.65 Å². The van der Waals surface area contributed by atoms with Gasteiger partial charge < -0.3 is 9.64 Å². The Morgan fingerprint density at radius 3 is 2.86 bits per heavy atom. The predicted octanol–water partition coefficient (Wildman–Crippen LogP) is 2.26. The van der Waals surface area contributed by atoms with Crippen LogP contribution in [0.3, 0.4) is 0 Å². The molecule has 1 fully saturated rings. The highest BCUT2D eigenvalue weighted by atomic mass is 16.5. The second-order valence-corrected chi connectivity index (χ2v) is 6.27. The molecule has 1 amide bonds. The van der Waals surface area contributed by atoms with Gasteiger partial charge in [-0.25, -0.2) is 9.67 Å². The summed E-state index contributed by atoms with van der Waals surface area (Å²) in [4.78, 5) is 19.1. The molecule has 0 unspecified atom stereocenters. The molecular weight excluding hydrogens is 280 g/mol. The largest absolute Gasteiger partial charge is 0.375 e. The maximum Gasteiger partial charge on any atom is 0.255 e. The van der Waals surface area contributed by atoms with E-state index in [2.05, 4.69) is 23.9 Å². The molecule has 1 aliphatic heterocycles. The van der Waals surface area contributed by atoms with Gasteiger partial charge in [0, 0.05) is 24.2 Å². The van der Waals surface area contributed by atoms with Crippen molar-refractivity contribution in [1.82, 2.24) is 19.7 Å². The molecule has 0 aromatic carbocycles. The van der Waals surface area contributed by atoms with E-state index in [0.29, 0.717) is 18.7 Å². The third-order valence-corrected chi connectivity index (χ3v) is 4.04. The highest BCUT2D eigenvalue weighted by Gasteiger charge is 2.28. The number of morpholine rings is 1. The first-order valence-electron chi connectivity index (χ1n) is 7.73. The van der Waals surface area contributed by atoms with Crippen LogP contribution in [0.15, 0.2) is 18.5 Å². The van der Waals surface area contributed by atoms with E-state index in [1.807, 2.05) is 29.5 Å². The number of amides is 1. The maximum atomic E-state index is 12.7. The molecule has 1 saturated heterocycles. The Balaban J connectivity index is 1.91. The maximum absolute atomic E-state index is 12.7. The number of carbonyl (C=O) groups excluding carboxylic acids is 1. The highest BCUT2D eigenvalue weighted by Crippen LogP contribution is 2.20. The molecule has 1 aliphatic rings. The molecule has 2 aromatic rings. The van der Waals surface area contributed by atoms with Gasteiger partial charge in [0.05, 0.1) is 30.5 Å². The van der Waals surface area contributed by atoms with Crippen molar-refractivity contribution < 1.29 is 9.53 Å². The molecule has 6 nitrogen and oxygen atoms in total. The molecule has 0 bridgehead atoms. The number of nitrogens with zero attached hydrogens (tertiary/aromatic N) is 4. The van der Waals surface area contributed by atoms with Crippen LogP contribution < -0.4 is 0 Å². The number of carbonyl (C=O) groups is 1. The van der Waals surface area contributed by atoms with Crippen molar-refractivity contribution >= 4 is 16.9 Å². The summed E-state index contributed by atoms with van der Waals surface area (Å²) in [6.07, 6.45) is 3.49. The lowest BCUT2D eigenvalue weighted by Gasteiger charge is -2.36. The standard InChI is InChI=1S/C16H22N4O2/c1-10(2)20-15-13(7-18-20)5-14(6-17-15)16(21)19-8-12(4)22-9-11(19)3/h5-7,10-12H,8-9H2,1-4H3/t11-,12+/m0/s1. The van der Waals surface area contributed by atoms with Crippen molar-refractivity contribution in [3.8, 4) is 0 Å². The predicted molar refractivity (Wildman–Crippen MR) is 83.8 cm³/mol. The van der Waals surface area contributed by atoms with Gasteiger partial charge in [0.25, 0.3) is 5.91 Å². The van der Waals surface area contributed by atoms with Crippen LogP contribution in [0.1, 0.15) is 44.1 Å². The van der Waals surface area contributed by atoms with Crippen LogP contribution in [0.4, 0.5) is 0 Å². The fourth-order valence-electron chi connectivity index (χ4n) is 2.79. The minimum atomic E-state index is 0.00865. The number of rotatable bonds is 2. The van der Waals surface area contributed by atoms with Crippen molar-refractivity contribution in [2.45, 2.75) is 45.9 Å². The lowest BCUT2D eigenvalue weighted by molar-refractivity contribution is -0.0387. The second kappa shape index (κ2) is 5.68. The molecule has 118 valence electrons. The average molecular weight is 302 g/mol. The quantitative estimate of drug-likeness (QED) is 0.854. The van der Waals surface area contributed by atoms with Crippen molar-refractivity contribution in [2.24, 2.45) is 0 Å². The van der Waals surface area contributed by atoms with Crippen LogP contribution in [0.5, 0.6) is 0 Å². The second-order valence-electron chi connectivity index (χ2n) is 6.27. The smallest absolute Gasteiger partial charge is 0.255 e. The Morgan fingerprint density at radius 2 is 2.14 bits per heavy atom. The van der Waals surface area contributed by atoms with Gasteiger partial charge in [-0.05, 0) is 33.8 Å². The van der Waals surface area contributed by atoms with Crippen molar-refractivity contribution in [2.75, 3.05) is 13.2 Å². The van der Waals surface area contributed by atoms with Gasteiger partial charge >= 0.3 is 0 Å². The van der Waals surface area contributed by atoms with E-state index in [9.17, 15) is 4.79 Å². The zero-order valence-electron chi connectivity index (χ0n) is 13.5. The molecule has 0 aliphatic carbocycles. The molecular formula is C16H22N4O2. The molecule has 0 N–H and O–H groups in total. The van der Waals surface area contributed by atoms with Gasteiger partial charge in [-0.15, -0.1) is 0 Å². The van der Waals surface area contributed by atoms with Crippen LogP contribution >= 0.6 is 0 Å². The summed E-state index contributed by atoms with van der Waals surface area (Å²) in [7, 11) is 0. The summed E-state index contributed by atoms with van der Waals surface area (Å²) < 4.78 is 7.45. The Morgan fingerprint density at radius 1 is 1.36 bits per heavy atom. The lowest BCUT2D eigenvalue weighted by Crippen LogP contribution is -2.50. The zero-order valence-corrected chi connectivity index (χ0v) is 13.5. The lowest BCUT2D eigenvalue weighted by atomic mass is 10.1. The first-order valence-corrected chi connectivity index (χ1v) is 7.73. The SMILES string of the molecule is CC(C)n1ncc2cc(C(=O)N3C[C@@H](C)OC[C@@H]3C)cnc21. The van der Waals surface area contributed by atoms with E-state index >= 15 is 0 Å². The molecule has 2 atom stereocenters. The molecule has 0 saturated carbocycles. The van der Waals surface area contributed by atoms with Crippen LogP contribution in [-0.2, 0) is 4.74 Å². The number of aromatic nitrogens is 3. The Hall–Kier alpha value is -1.95. The molecule has 3 heterocycles. The first-order chi connectivity index (χ1) is 10.5. The Kier molecular flexibility index (Phi) is 3.87. The van der Waals surface area contributed by atoms with Gasteiger partial charge in [0.2, 0.25) is 0 Å². The molecule has 0 spiro atoms. The number of hydrogen-bond donors (Lipinski definition) is 0. The number of pyridine rings is 1. The average Bonchev–Trinajstić information content (AvgIpc) is 2.92. The summed E-state index contributed by atoms with van der Waals surface area (Å²) >= 11 is 0. The van der Waals surface area contributed by atoms with Crippen LogP contribution in [0.2, 0.25) is 0 Å². The van der Waals surface area contributed by atoms with Crippen molar-refractivity contribution in [3.63, 3.8) is 0 Å². The number of ether oxygens (including phenoxy) is 1. The van der Waals surface area contributed by atoms with E-state index in [4.69, 9.17) is 4.74 Å². The summed E-state index contributed by atoms with van der Waals surface area (Å²) in [5.41, 5.74) is 1.42. The molecule has 3 rings (SSSR count).